The summed E-state index contributed by atoms with van der Waals surface area (Å²) in [6.45, 7) is 4.80. The smallest absolute Gasteiger partial charge is 0.282 e. The van der Waals surface area contributed by atoms with Crippen LogP contribution in [-0.2, 0) is 6.54 Å². The van der Waals surface area contributed by atoms with Gasteiger partial charge in [0.2, 0.25) is 10.1 Å². The molecule has 7 nitrogen and oxygen atoms in total. The van der Waals surface area contributed by atoms with E-state index in [1.54, 1.807) is 6.07 Å². The molecule has 0 aliphatic rings. The Morgan fingerprint density at radius 2 is 2.33 bits per heavy atom. The number of rotatable bonds is 5. The fourth-order valence-electron chi connectivity index (χ4n) is 1.28. The van der Waals surface area contributed by atoms with Gasteiger partial charge in [0.25, 0.3) is 5.91 Å². The van der Waals surface area contributed by atoms with Crippen molar-refractivity contribution in [2.24, 2.45) is 0 Å². The molecule has 0 aromatic carbocycles. The van der Waals surface area contributed by atoms with Gasteiger partial charge in [0.15, 0.2) is 5.76 Å². The first-order valence-electron chi connectivity index (χ1n) is 5.47. The van der Waals surface area contributed by atoms with E-state index < -0.39 is 0 Å². The van der Waals surface area contributed by atoms with Gasteiger partial charge < -0.3 is 15.2 Å². The van der Waals surface area contributed by atoms with Crippen LogP contribution in [0, 0.1) is 6.92 Å². The fourth-order valence-corrected chi connectivity index (χ4v) is 2.01. The van der Waals surface area contributed by atoms with E-state index in [-0.39, 0.29) is 12.5 Å². The normalized spacial score (nSPS) is 10.3. The highest BCUT2D eigenvalue weighted by Gasteiger charge is 2.13. The minimum atomic E-state index is -0.272. The average Bonchev–Trinajstić information content (AvgIpc) is 2.96. The largest absolute Gasteiger partial charge is 0.360 e. The van der Waals surface area contributed by atoms with E-state index in [1.807, 2.05) is 13.8 Å². The molecule has 0 unspecified atom stereocenters. The Balaban J connectivity index is 1.90. The minimum absolute atomic E-state index is 0.272. The molecule has 0 spiro atoms. The van der Waals surface area contributed by atoms with Crippen molar-refractivity contribution >= 4 is 22.4 Å². The first kappa shape index (κ1) is 12.5. The Hall–Kier alpha value is -1.96. The van der Waals surface area contributed by atoms with E-state index in [0.29, 0.717) is 15.9 Å². The van der Waals surface area contributed by atoms with E-state index in [4.69, 9.17) is 4.52 Å². The van der Waals surface area contributed by atoms with Gasteiger partial charge in [0.1, 0.15) is 0 Å². The highest BCUT2D eigenvalue weighted by molar-refractivity contribution is 7.17. The number of carbonyl (C=O) groups is 1. The summed E-state index contributed by atoms with van der Waals surface area (Å²) in [7, 11) is 0. The molecule has 8 heteroatoms. The van der Waals surface area contributed by atoms with E-state index in [2.05, 4.69) is 26.0 Å². The number of amides is 1. The molecule has 1 amide bonds. The van der Waals surface area contributed by atoms with Gasteiger partial charge in [-0.2, -0.15) is 0 Å². The zero-order chi connectivity index (χ0) is 13.0. The number of hydrogen-bond donors (Lipinski definition) is 2. The van der Waals surface area contributed by atoms with Crippen molar-refractivity contribution in [3.05, 3.63) is 22.5 Å². The van der Waals surface area contributed by atoms with Crippen molar-refractivity contribution in [3.63, 3.8) is 0 Å². The summed E-state index contributed by atoms with van der Waals surface area (Å²) >= 11 is 1.21. The molecule has 0 radical (unpaired) electrons. The molecular weight excluding hydrogens is 254 g/mol. The summed E-state index contributed by atoms with van der Waals surface area (Å²) < 4.78 is 4.98. The molecule has 2 rings (SSSR count). The van der Waals surface area contributed by atoms with Gasteiger partial charge in [0, 0.05) is 12.6 Å². The third-order valence-electron chi connectivity index (χ3n) is 2.05. The number of nitrogens with one attached hydrogen (secondary N) is 2. The van der Waals surface area contributed by atoms with Crippen molar-refractivity contribution in [3.8, 4) is 0 Å². The van der Waals surface area contributed by atoms with E-state index in [0.717, 1.165) is 12.2 Å². The van der Waals surface area contributed by atoms with Crippen molar-refractivity contribution in [1.82, 2.24) is 20.7 Å². The maximum absolute atomic E-state index is 11.7. The van der Waals surface area contributed by atoms with Crippen LogP contribution in [0.5, 0.6) is 0 Å². The molecule has 96 valence electrons. The second-order valence-corrected chi connectivity index (χ2v) is 4.54. The van der Waals surface area contributed by atoms with Gasteiger partial charge in [0.05, 0.1) is 12.2 Å². The number of anilines is 1. The molecular formula is C10H13N5O2S. The maximum Gasteiger partial charge on any atom is 0.282 e. The SMILES string of the molecule is CCNc1nnc(C(=O)NCc2cc(C)no2)s1. The number of hydrogen-bond acceptors (Lipinski definition) is 7. The molecule has 0 aliphatic carbocycles. The minimum Gasteiger partial charge on any atom is -0.360 e. The Morgan fingerprint density at radius 1 is 1.50 bits per heavy atom. The van der Waals surface area contributed by atoms with E-state index in [9.17, 15) is 4.79 Å². The number of aryl methyl sites for hydroxylation is 1. The molecule has 2 aromatic rings. The van der Waals surface area contributed by atoms with Crippen LogP contribution in [0.15, 0.2) is 10.6 Å². The molecule has 2 N–H and O–H groups in total. The van der Waals surface area contributed by atoms with Crippen LogP contribution in [0.3, 0.4) is 0 Å². The Kier molecular flexibility index (Phi) is 3.88. The quantitative estimate of drug-likeness (QED) is 0.845. The van der Waals surface area contributed by atoms with Crippen LogP contribution in [0.4, 0.5) is 5.13 Å². The lowest BCUT2D eigenvalue weighted by Crippen LogP contribution is -2.22. The summed E-state index contributed by atoms with van der Waals surface area (Å²) in [4.78, 5) is 11.7. The average molecular weight is 267 g/mol. The van der Waals surface area contributed by atoms with Crippen LogP contribution in [-0.4, -0.2) is 27.8 Å². The topological polar surface area (TPSA) is 92.9 Å². The second kappa shape index (κ2) is 5.58. The predicted molar refractivity (Wildman–Crippen MR) is 66.5 cm³/mol. The molecule has 0 saturated carbocycles. The fraction of sp³-hybridized carbons (Fsp3) is 0.400. The standard InChI is InChI=1S/C10H13N5O2S/c1-3-11-10-14-13-9(18-10)8(16)12-5-7-4-6(2)15-17-7/h4H,3,5H2,1-2H3,(H,11,14)(H,12,16). The maximum atomic E-state index is 11.7. The summed E-state index contributed by atoms with van der Waals surface area (Å²) in [5.41, 5.74) is 0.782. The van der Waals surface area contributed by atoms with Crippen LogP contribution < -0.4 is 10.6 Å². The molecule has 0 fully saturated rings. The zero-order valence-corrected chi connectivity index (χ0v) is 10.9. The third kappa shape index (κ3) is 3.04. The first-order valence-corrected chi connectivity index (χ1v) is 6.28. The van der Waals surface area contributed by atoms with Crippen molar-refractivity contribution in [2.75, 3.05) is 11.9 Å². The lowest BCUT2D eigenvalue weighted by molar-refractivity contribution is 0.0946. The van der Waals surface area contributed by atoms with E-state index in [1.165, 1.54) is 11.3 Å². The van der Waals surface area contributed by atoms with Crippen LogP contribution >= 0.6 is 11.3 Å². The molecule has 2 aromatic heterocycles. The van der Waals surface area contributed by atoms with Crippen molar-refractivity contribution < 1.29 is 9.32 Å². The summed E-state index contributed by atoms with van der Waals surface area (Å²) in [5, 5.41) is 18.0. The highest BCUT2D eigenvalue weighted by Crippen LogP contribution is 2.14. The Labute approximate surface area is 108 Å². The Morgan fingerprint density at radius 3 is 3.00 bits per heavy atom. The molecule has 2 heterocycles. The van der Waals surface area contributed by atoms with Crippen LogP contribution in [0.25, 0.3) is 0 Å². The number of aromatic nitrogens is 3. The number of nitrogens with zero attached hydrogens (tertiary/aromatic N) is 3. The summed E-state index contributed by atoms with van der Waals surface area (Å²) in [6.07, 6.45) is 0. The third-order valence-corrected chi connectivity index (χ3v) is 2.93. The summed E-state index contributed by atoms with van der Waals surface area (Å²) in [5.74, 6) is 0.336. The van der Waals surface area contributed by atoms with Gasteiger partial charge in [-0.1, -0.05) is 16.5 Å². The first-order chi connectivity index (χ1) is 8.69. The molecule has 18 heavy (non-hydrogen) atoms. The zero-order valence-electron chi connectivity index (χ0n) is 10.1. The molecule has 0 atom stereocenters. The monoisotopic (exact) mass is 267 g/mol. The Bertz CT molecular complexity index is 536. The molecule has 0 bridgehead atoms. The van der Waals surface area contributed by atoms with Gasteiger partial charge in [-0.3, -0.25) is 4.79 Å². The van der Waals surface area contributed by atoms with Gasteiger partial charge in [-0.25, -0.2) is 0 Å². The molecule has 0 saturated heterocycles. The molecule has 0 aliphatic heterocycles. The van der Waals surface area contributed by atoms with Crippen LogP contribution in [0.2, 0.25) is 0 Å². The predicted octanol–water partition coefficient (Wildman–Crippen LogP) is 1.20. The van der Waals surface area contributed by atoms with Gasteiger partial charge in [-0.05, 0) is 13.8 Å². The number of carbonyl (C=O) groups excluding carboxylic acids is 1. The van der Waals surface area contributed by atoms with Crippen molar-refractivity contribution in [2.45, 2.75) is 20.4 Å². The van der Waals surface area contributed by atoms with E-state index >= 15 is 0 Å². The lowest BCUT2D eigenvalue weighted by Gasteiger charge is -1.97. The lowest BCUT2D eigenvalue weighted by atomic mass is 10.4. The van der Waals surface area contributed by atoms with Gasteiger partial charge >= 0.3 is 0 Å². The second-order valence-electron chi connectivity index (χ2n) is 3.56. The van der Waals surface area contributed by atoms with Gasteiger partial charge in [-0.15, -0.1) is 10.2 Å². The van der Waals surface area contributed by atoms with Crippen LogP contribution in [0.1, 0.15) is 28.2 Å². The summed E-state index contributed by atoms with van der Waals surface area (Å²) in [6, 6.07) is 1.77. The van der Waals surface area contributed by atoms with Crippen molar-refractivity contribution in [1.29, 1.82) is 0 Å². The highest BCUT2D eigenvalue weighted by atomic mass is 32.1.